The van der Waals surface area contributed by atoms with Crippen LogP contribution in [0.3, 0.4) is 0 Å². The Hall–Kier alpha value is -3.40. The van der Waals surface area contributed by atoms with Crippen LogP contribution in [0.15, 0.2) is 78.9 Å². The van der Waals surface area contributed by atoms with Crippen molar-refractivity contribution in [3.8, 4) is 0 Å². The summed E-state index contributed by atoms with van der Waals surface area (Å²) in [4.78, 5) is 28.9. The molecule has 0 bridgehead atoms. The van der Waals surface area contributed by atoms with Gasteiger partial charge in [-0.25, -0.2) is 0 Å². The molecule has 184 valence electrons. The molecule has 0 saturated heterocycles. The largest absolute Gasteiger partial charge is 0.354 e. The van der Waals surface area contributed by atoms with Crippen molar-refractivity contribution in [1.29, 1.82) is 0 Å². The van der Waals surface area contributed by atoms with Crippen molar-refractivity contribution in [2.24, 2.45) is 0 Å². The number of hydrogen-bond donors (Lipinski definition) is 1. The highest BCUT2D eigenvalue weighted by molar-refractivity contribution is 5.88. The van der Waals surface area contributed by atoms with Crippen molar-refractivity contribution in [2.45, 2.75) is 65.5 Å². The van der Waals surface area contributed by atoms with Gasteiger partial charge in [-0.15, -0.1) is 0 Å². The summed E-state index contributed by atoms with van der Waals surface area (Å²) in [7, 11) is 0. The van der Waals surface area contributed by atoms with Gasteiger partial charge in [0.1, 0.15) is 6.04 Å². The van der Waals surface area contributed by atoms with E-state index in [9.17, 15) is 9.59 Å². The van der Waals surface area contributed by atoms with Crippen LogP contribution < -0.4 is 5.32 Å². The minimum atomic E-state index is -0.569. The fourth-order valence-corrected chi connectivity index (χ4v) is 4.22. The van der Waals surface area contributed by atoms with Gasteiger partial charge in [-0.2, -0.15) is 0 Å². The third-order valence-corrected chi connectivity index (χ3v) is 6.28. The molecule has 1 N–H and O–H groups in total. The summed E-state index contributed by atoms with van der Waals surface area (Å²) < 4.78 is 0. The van der Waals surface area contributed by atoms with E-state index in [0.29, 0.717) is 32.4 Å². The smallest absolute Gasteiger partial charge is 0.243 e. The first kappa shape index (κ1) is 26.2. The molecule has 0 aromatic heterocycles. The van der Waals surface area contributed by atoms with Crippen LogP contribution in [0.1, 0.15) is 54.0 Å². The normalized spacial score (nSPS) is 11.6. The molecule has 0 aliphatic carbocycles. The fourth-order valence-electron chi connectivity index (χ4n) is 4.22. The van der Waals surface area contributed by atoms with Crippen LogP contribution in [0.25, 0.3) is 0 Å². The molecule has 0 aliphatic rings. The van der Waals surface area contributed by atoms with Crippen LogP contribution in [0.5, 0.6) is 0 Å². The first-order valence-electron chi connectivity index (χ1n) is 12.7. The predicted octanol–water partition coefficient (Wildman–Crippen LogP) is 5.79. The average Bonchev–Trinajstić information content (AvgIpc) is 2.86. The van der Waals surface area contributed by atoms with Gasteiger partial charge in [-0.3, -0.25) is 9.59 Å². The summed E-state index contributed by atoms with van der Waals surface area (Å²) in [5.41, 5.74) is 5.55. The summed E-state index contributed by atoms with van der Waals surface area (Å²) in [6, 6.07) is 25.9. The van der Waals surface area contributed by atoms with Gasteiger partial charge >= 0.3 is 0 Å². The lowest BCUT2D eigenvalue weighted by Gasteiger charge is -2.32. The van der Waals surface area contributed by atoms with Crippen molar-refractivity contribution in [3.05, 3.63) is 107 Å². The maximum atomic E-state index is 13.7. The molecule has 3 aromatic carbocycles. The molecule has 4 heteroatoms. The third kappa shape index (κ3) is 8.40. The number of carbonyl (C=O) groups is 2. The number of hydrogen-bond acceptors (Lipinski definition) is 2. The van der Waals surface area contributed by atoms with E-state index >= 15 is 0 Å². The van der Waals surface area contributed by atoms with E-state index in [1.54, 1.807) is 4.90 Å². The van der Waals surface area contributed by atoms with Crippen LogP contribution in [0.2, 0.25) is 0 Å². The summed E-state index contributed by atoms with van der Waals surface area (Å²) in [5.74, 6) is -0.0858. The zero-order valence-electron chi connectivity index (χ0n) is 21.3. The van der Waals surface area contributed by atoms with Crippen molar-refractivity contribution < 1.29 is 9.59 Å². The zero-order chi connectivity index (χ0) is 25.0. The topological polar surface area (TPSA) is 49.4 Å². The van der Waals surface area contributed by atoms with Gasteiger partial charge < -0.3 is 10.2 Å². The van der Waals surface area contributed by atoms with Crippen LogP contribution in [0.4, 0.5) is 0 Å². The van der Waals surface area contributed by atoms with E-state index in [0.717, 1.165) is 35.1 Å². The molecule has 35 heavy (non-hydrogen) atoms. The van der Waals surface area contributed by atoms with E-state index in [4.69, 9.17) is 0 Å². The van der Waals surface area contributed by atoms with Crippen molar-refractivity contribution in [2.75, 3.05) is 6.54 Å². The van der Waals surface area contributed by atoms with Crippen LogP contribution in [-0.4, -0.2) is 29.3 Å². The zero-order valence-corrected chi connectivity index (χ0v) is 21.3. The van der Waals surface area contributed by atoms with Crippen molar-refractivity contribution in [1.82, 2.24) is 10.2 Å². The second kappa shape index (κ2) is 13.5. The fraction of sp³-hybridized carbons (Fsp3) is 0.355. The van der Waals surface area contributed by atoms with E-state index in [1.807, 2.05) is 55.5 Å². The Bertz CT molecular complexity index is 1080. The molecule has 0 aliphatic heterocycles. The quantitative estimate of drug-likeness (QED) is 0.341. The molecule has 4 nitrogen and oxygen atoms in total. The Kier molecular flexibility index (Phi) is 10.1. The Labute approximate surface area is 210 Å². The SMILES string of the molecule is CCCCNC(=O)[C@@H](Cc1ccccc1)N(Cc1cccc(C)c1)C(=O)CCc1ccc(C)cc1. The Morgan fingerprint density at radius 1 is 0.829 bits per heavy atom. The molecule has 0 spiro atoms. The second-order valence-electron chi connectivity index (χ2n) is 9.35. The number of benzene rings is 3. The van der Waals surface area contributed by atoms with E-state index in [1.165, 1.54) is 5.56 Å². The number of amides is 2. The van der Waals surface area contributed by atoms with E-state index in [-0.39, 0.29) is 11.8 Å². The standard InChI is InChI=1S/C31H38N2O2/c1-4-5-20-32-31(35)29(22-27-11-7-6-8-12-27)33(23-28-13-9-10-25(3)21-28)30(34)19-18-26-16-14-24(2)15-17-26/h6-17,21,29H,4-5,18-20,22-23H2,1-3H3,(H,32,35)/t29-/m1/s1. The third-order valence-electron chi connectivity index (χ3n) is 6.28. The lowest BCUT2D eigenvalue weighted by Crippen LogP contribution is -2.50. The maximum Gasteiger partial charge on any atom is 0.243 e. The molecular weight excluding hydrogens is 432 g/mol. The van der Waals surface area contributed by atoms with Gasteiger partial charge in [0.25, 0.3) is 0 Å². The number of rotatable bonds is 12. The molecule has 3 rings (SSSR count). The molecule has 2 amide bonds. The highest BCUT2D eigenvalue weighted by atomic mass is 16.2. The number of aryl methyl sites for hydroxylation is 3. The van der Waals surface area contributed by atoms with Crippen LogP contribution in [0, 0.1) is 13.8 Å². The minimum Gasteiger partial charge on any atom is -0.354 e. The van der Waals surface area contributed by atoms with Gasteiger partial charge in [0.2, 0.25) is 11.8 Å². The highest BCUT2D eigenvalue weighted by Gasteiger charge is 2.30. The number of nitrogens with one attached hydrogen (secondary N) is 1. The van der Waals surface area contributed by atoms with Gasteiger partial charge in [0.15, 0.2) is 0 Å². The maximum absolute atomic E-state index is 13.7. The van der Waals surface area contributed by atoms with Gasteiger partial charge in [0, 0.05) is 25.9 Å². The van der Waals surface area contributed by atoms with E-state index in [2.05, 4.69) is 49.5 Å². The summed E-state index contributed by atoms with van der Waals surface area (Å²) >= 11 is 0. The molecule has 3 aromatic rings. The number of unbranched alkanes of at least 4 members (excludes halogenated alkanes) is 1. The Balaban J connectivity index is 1.87. The first-order valence-corrected chi connectivity index (χ1v) is 12.7. The monoisotopic (exact) mass is 470 g/mol. The number of carbonyl (C=O) groups excluding carboxylic acids is 2. The van der Waals surface area contributed by atoms with Gasteiger partial charge in [-0.1, -0.05) is 103 Å². The first-order chi connectivity index (χ1) is 17.0. The molecule has 0 unspecified atom stereocenters. The minimum absolute atomic E-state index is 0.00125. The lowest BCUT2D eigenvalue weighted by atomic mass is 10.0. The predicted molar refractivity (Wildman–Crippen MR) is 143 cm³/mol. The summed E-state index contributed by atoms with van der Waals surface area (Å²) in [6.07, 6.45) is 3.43. The molecule has 0 fully saturated rings. The molecule has 0 saturated carbocycles. The average molecular weight is 471 g/mol. The van der Waals surface area contributed by atoms with Crippen molar-refractivity contribution >= 4 is 11.8 Å². The summed E-state index contributed by atoms with van der Waals surface area (Å²) in [5, 5.41) is 3.08. The van der Waals surface area contributed by atoms with Crippen LogP contribution in [-0.2, 0) is 29.0 Å². The van der Waals surface area contributed by atoms with E-state index < -0.39 is 6.04 Å². The van der Waals surface area contributed by atoms with Gasteiger partial charge in [0.05, 0.1) is 0 Å². The molecule has 0 heterocycles. The highest BCUT2D eigenvalue weighted by Crippen LogP contribution is 2.18. The Morgan fingerprint density at radius 3 is 2.23 bits per heavy atom. The molecular formula is C31H38N2O2. The molecule has 1 atom stereocenters. The van der Waals surface area contributed by atoms with Crippen molar-refractivity contribution in [3.63, 3.8) is 0 Å². The Morgan fingerprint density at radius 2 is 1.54 bits per heavy atom. The number of nitrogens with zero attached hydrogens (tertiary/aromatic N) is 1. The summed E-state index contributed by atoms with van der Waals surface area (Å²) in [6.45, 7) is 7.24. The second-order valence-corrected chi connectivity index (χ2v) is 9.35. The van der Waals surface area contributed by atoms with Crippen LogP contribution >= 0.6 is 0 Å². The molecule has 0 radical (unpaired) electrons. The van der Waals surface area contributed by atoms with Gasteiger partial charge in [-0.05, 0) is 43.4 Å². The lowest BCUT2D eigenvalue weighted by molar-refractivity contribution is -0.141.